The Morgan fingerprint density at radius 1 is 0.579 bits per heavy atom. The van der Waals surface area contributed by atoms with Crippen molar-refractivity contribution in [2.45, 2.75) is 105 Å². The molecule has 0 bridgehead atoms. The summed E-state index contributed by atoms with van der Waals surface area (Å²) in [6.07, 6.45) is 19.6. The van der Waals surface area contributed by atoms with Crippen molar-refractivity contribution in [3.8, 4) is 0 Å². The first kappa shape index (κ1) is 19.0. The monoisotopic (exact) mass is 267 g/mol. The Morgan fingerprint density at radius 2 is 1.00 bits per heavy atom. The van der Waals surface area contributed by atoms with Gasteiger partial charge in [-0.25, -0.2) is 0 Å². The Hall–Kier alpha value is 0. The first-order valence-electron chi connectivity index (χ1n) is 9.13. The Bertz CT molecular complexity index is 143. The SMILES string of the molecule is CCCCCCC([CH]C(CC)CCCCCC)CC. The predicted octanol–water partition coefficient (Wildman–Crippen LogP) is 7.18. The third-order valence-corrected chi connectivity index (χ3v) is 4.45. The maximum atomic E-state index is 2.71. The van der Waals surface area contributed by atoms with Gasteiger partial charge in [0.25, 0.3) is 0 Å². The zero-order valence-corrected chi connectivity index (χ0v) is 14.2. The molecule has 0 aromatic carbocycles. The van der Waals surface area contributed by atoms with E-state index in [0.717, 1.165) is 11.8 Å². The maximum Gasteiger partial charge on any atom is -0.0324 e. The molecule has 0 amide bonds. The lowest BCUT2D eigenvalue weighted by Crippen LogP contribution is -2.09. The number of rotatable bonds is 14. The van der Waals surface area contributed by atoms with Gasteiger partial charge in [-0.2, -0.15) is 0 Å². The van der Waals surface area contributed by atoms with Gasteiger partial charge in [0.15, 0.2) is 0 Å². The summed E-state index contributed by atoms with van der Waals surface area (Å²) in [4.78, 5) is 0. The van der Waals surface area contributed by atoms with Crippen molar-refractivity contribution in [1.29, 1.82) is 0 Å². The molecule has 115 valence electrons. The van der Waals surface area contributed by atoms with Crippen molar-refractivity contribution in [1.82, 2.24) is 0 Å². The quantitative estimate of drug-likeness (QED) is 0.292. The molecule has 0 spiro atoms. The van der Waals surface area contributed by atoms with Crippen LogP contribution in [0.3, 0.4) is 0 Å². The molecular formula is C19H39. The van der Waals surface area contributed by atoms with Gasteiger partial charge in [0.05, 0.1) is 0 Å². The largest absolute Gasteiger partial charge is 0.0654 e. The molecule has 0 aromatic rings. The zero-order chi connectivity index (χ0) is 14.3. The molecule has 0 fully saturated rings. The van der Waals surface area contributed by atoms with Crippen molar-refractivity contribution >= 4 is 0 Å². The van der Waals surface area contributed by atoms with E-state index in [1.165, 1.54) is 77.0 Å². The third-order valence-electron chi connectivity index (χ3n) is 4.45. The fraction of sp³-hybridized carbons (Fsp3) is 0.947. The van der Waals surface area contributed by atoms with E-state index in [1.807, 2.05) is 0 Å². The third kappa shape index (κ3) is 11.5. The smallest absolute Gasteiger partial charge is 0.0324 e. The predicted molar refractivity (Wildman–Crippen MR) is 89.4 cm³/mol. The molecule has 2 unspecified atom stereocenters. The number of hydrogen-bond donors (Lipinski definition) is 0. The maximum absolute atomic E-state index is 2.71. The van der Waals surface area contributed by atoms with Gasteiger partial charge in [-0.05, 0) is 18.3 Å². The highest BCUT2D eigenvalue weighted by molar-refractivity contribution is 4.82. The molecule has 0 nitrogen and oxygen atoms in total. The van der Waals surface area contributed by atoms with E-state index in [4.69, 9.17) is 0 Å². The van der Waals surface area contributed by atoms with Gasteiger partial charge in [0.2, 0.25) is 0 Å². The van der Waals surface area contributed by atoms with Gasteiger partial charge >= 0.3 is 0 Å². The molecular weight excluding hydrogens is 228 g/mol. The summed E-state index contributed by atoms with van der Waals surface area (Å²) in [6.45, 7) is 9.33. The fourth-order valence-corrected chi connectivity index (χ4v) is 2.92. The van der Waals surface area contributed by atoms with Gasteiger partial charge in [-0.15, -0.1) is 0 Å². The van der Waals surface area contributed by atoms with Crippen LogP contribution in [0, 0.1) is 18.3 Å². The highest BCUT2D eigenvalue weighted by atomic mass is 14.2. The van der Waals surface area contributed by atoms with E-state index in [1.54, 1.807) is 0 Å². The summed E-state index contributed by atoms with van der Waals surface area (Å²) in [7, 11) is 0. The van der Waals surface area contributed by atoms with Crippen molar-refractivity contribution in [2.24, 2.45) is 11.8 Å². The minimum atomic E-state index is 0.882. The highest BCUT2D eigenvalue weighted by Gasteiger charge is 2.13. The first-order valence-corrected chi connectivity index (χ1v) is 9.13. The lowest BCUT2D eigenvalue weighted by atomic mass is 9.84. The van der Waals surface area contributed by atoms with Gasteiger partial charge in [0, 0.05) is 0 Å². The summed E-state index contributed by atoms with van der Waals surface area (Å²) < 4.78 is 0. The molecule has 0 aliphatic rings. The van der Waals surface area contributed by atoms with Crippen LogP contribution in [0.4, 0.5) is 0 Å². The van der Waals surface area contributed by atoms with Crippen LogP contribution in [0.5, 0.6) is 0 Å². The topological polar surface area (TPSA) is 0 Å². The van der Waals surface area contributed by atoms with Crippen LogP contribution in [-0.2, 0) is 0 Å². The van der Waals surface area contributed by atoms with Crippen LogP contribution in [0.2, 0.25) is 0 Å². The zero-order valence-electron chi connectivity index (χ0n) is 14.2. The summed E-state index contributed by atoms with van der Waals surface area (Å²) in [5, 5.41) is 0. The van der Waals surface area contributed by atoms with Crippen molar-refractivity contribution in [3.05, 3.63) is 6.42 Å². The highest BCUT2D eigenvalue weighted by Crippen LogP contribution is 2.26. The normalized spacial score (nSPS) is 14.5. The fourth-order valence-electron chi connectivity index (χ4n) is 2.92. The van der Waals surface area contributed by atoms with Crippen LogP contribution < -0.4 is 0 Å². The Morgan fingerprint density at radius 3 is 1.32 bits per heavy atom. The molecule has 0 heteroatoms. The lowest BCUT2D eigenvalue weighted by molar-refractivity contribution is 0.400. The summed E-state index contributed by atoms with van der Waals surface area (Å²) in [5.41, 5.74) is 0. The van der Waals surface area contributed by atoms with E-state index < -0.39 is 0 Å². The second-order valence-electron chi connectivity index (χ2n) is 6.23. The molecule has 0 rings (SSSR count). The molecule has 2 atom stereocenters. The second kappa shape index (κ2) is 14.4. The molecule has 0 aliphatic heterocycles. The summed E-state index contributed by atoms with van der Waals surface area (Å²) in [6, 6.07) is 0. The lowest BCUT2D eigenvalue weighted by Gasteiger charge is -2.21. The molecule has 1 radical (unpaired) electrons. The summed E-state index contributed by atoms with van der Waals surface area (Å²) >= 11 is 0. The van der Waals surface area contributed by atoms with Crippen LogP contribution in [0.1, 0.15) is 105 Å². The van der Waals surface area contributed by atoms with Crippen molar-refractivity contribution in [3.63, 3.8) is 0 Å². The summed E-state index contributed by atoms with van der Waals surface area (Å²) in [5.74, 6) is 1.76. The molecule has 0 N–H and O–H groups in total. The molecule has 19 heavy (non-hydrogen) atoms. The average Bonchev–Trinajstić information content (AvgIpc) is 2.44. The van der Waals surface area contributed by atoms with E-state index in [9.17, 15) is 0 Å². The first-order chi connectivity index (χ1) is 9.28. The van der Waals surface area contributed by atoms with Crippen LogP contribution in [0.25, 0.3) is 0 Å². The Kier molecular flexibility index (Phi) is 14.4. The van der Waals surface area contributed by atoms with Crippen LogP contribution >= 0.6 is 0 Å². The minimum absolute atomic E-state index is 0.882. The van der Waals surface area contributed by atoms with E-state index in [0.29, 0.717) is 0 Å². The second-order valence-corrected chi connectivity index (χ2v) is 6.23. The van der Waals surface area contributed by atoms with Gasteiger partial charge in [0.1, 0.15) is 0 Å². The van der Waals surface area contributed by atoms with Crippen LogP contribution in [-0.4, -0.2) is 0 Å². The van der Waals surface area contributed by atoms with Crippen molar-refractivity contribution < 1.29 is 0 Å². The standard InChI is InChI=1S/C19H39/c1-5-9-11-13-15-18(7-3)17-19(8-4)16-14-12-10-6-2/h17-19H,5-16H2,1-4H3. The molecule has 0 aliphatic carbocycles. The van der Waals surface area contributed by atoms with Gasteiger partial charge < -0.3 is 0 Å². The molecule has 0 aromatic heterocycles. The minimum Gasteiger partial charge on any atom is -0.0654 e. The number of unbranched alkanes of at least 4 members (excludes halogenated alkanes) is 6. The van der Waals surface area contributed by atoms with E-state index in [-0.39, 0.29) is 0 Å². The van der Waals surface area contributed by atoms with E-state index in [2.05, 4.69) is 34.1 Å². The Labute approximate surface area is 123 Å². The average molecular weight is 268 g/mol. The Balaban J connectivity index is 3.76. The molecule has 0 saturated heterocycles. The number of hydrogen-bond acceptors (Lipinski definition) is 0. The van der Waals surface area contributed by atoms with Crippen molar-refractivity contribution in [2.75, 3.05) is 0 Å². The van der Waals surface area contributed by atoms with Gasteiger partial charge in [-0.3, -0.25) is 0 Å². The molecule has 0 saturated carbocycles. The molecule has 0 heterocycles. The van der Waals surface area contributed by atoms with E-state index >= 15 is 0 Å². The van der Waals surface area contributed by atoms with Gasteiger partial charge in [-0.1, -0.05) is 105 Å². The van der Waals surface area contributed by atoms with Crippen LogP contribution in [0.15, 0.2) is 0 Å².